The van der Waals surface area contributed by atoms with E-state index in [4.69, 9.17) is 0 Å². The molecule has 2 N–H and O–H groups in total. The maximum atomic E-state index is 12.1. The molecular formula is C17H18N4O5S. The van der Waals surface area contributed by atoms with Crippen molar-refractivity contribution in [1.29, 1.82) is 0 Å². The Balaban J connectivity index is 1.97. The molecule has 0 aromatic heterocycles. The lowest BCUT2D eigenvalue weighted by molar-refractivity contribution is -0.384. The predicted octanol–water partition coefficient (Wildman–Crippen LogP) is 1.72. The Labute approximate surface area is 156 Å². The van der Waals surface area contributed by atoms with Crippen LogP contribution in [0.2, 0.25) is 0 Å². The van der Waals surface area contributed by atoms with E-state index >= 15 is 0 Å². The third-order valence-electron chi connectivity index (χ3n) is 3.58. The molecule has 2 aromatic rings. The summed E-state index contributed by atoms with van der Waals surface area (Å²) >= 11 is 0. The summed E-state index contributed by atoms with van der Waals surface area (Å²) in [5, 5.41) is 14.6. The molecule has 0 saturated heterocycles. The van der Waals surface area contributed by atoms with Crippen molar-refractivity contribution < 1.29 is 18.1 Å². The van der Waals surface area contributed by atoms with Crippen LogP contribution in [0.25, 0.3) is 0 Å². The molecule has 2 aromatic carbocycles. The molecule has 0 aliphatic rings. The molecule has 1 amide bonds. The lowest BCUT2D eigenvalue weighted by Crippen LogP contribution is -2.35. The van der Waals surface area contributed by atoms with Gasteiger partial charge < -0.3 is 0 Å². The molecule has 2 rings (SSSR count). The SMILES string of the molecule is C/C(=N\NC(=O)CNS(=O)(=O)c1ccc(C)cc1)c1cccc([N+](=O)[O-])c1. The van der Waals surface area contributed by atoms with Crippen molar-refractivity contribution in [3.05, 3.63) is 69.8 Å². The molecule has 10 heteroatoms. The molecule has 0 heterocycles. The Bertz CT molecular complexity index is 985. The molecule has 9 nitrogen and oxygen atoms in total. The van der Waals surface area contributed by atoms with Gasteiger partial charge in [0.25, 0.3) is 11.6 Å². The average Bonchev–Trinajstić information content (AvgIpc) is 2.65. The number of nitro benzene ring substituents is 1. The highest BCUT2D eigenvalue weighted by Gasteiger charge is 2.15. The van der Waals surface area contributed by atoms with Gasteiger partial charge in [-0.25, -0.2) is 18.6 Å². The van der Waals surface area contributed by atoms with Gasteiger partial charge in [0.15, 0.2) is 0 Å². The van der Waals surface area contributed by atoms with Gasteiger partial charge in [0.05, 0.1) is 22.1 Å². The Morgan fingerprint density at radius 3 is 2.48 bits per heavy atom. The fourth-order valence-corrected chi connectivity index (χ4v) is 3.04. The molecule has 0 aliphatic carbocycles. The maximum Gasteiger partial charge on any atom is 0.270 e. The summed E-state index contributed by atoms with van der Waals surface area (Å²) in [4.78, 5) is 22.1. The fourth-order valence-electron chi connectivity index (χ4n) is 2.06. The van der Waals surface area contributed by atoms with E-state index in [9.17, 15) is 23.3 Å². The number of aryl methyl sites for hydroxylation is 1. The summed E-state index contributed by atoms with van der Waals surface area (Å²) in [7, 11) is -3.81. The topological polar surface area (TPSA) is 131 Å². The fraction of sp³-hybridized carbons (Fsp3) is 0.176. The van der Waals surface area contributed by atoms with E-state index in [1.165, 1.54) is 30.3 Å². The summed E-state index contributed by atoms with van der Waals surface area (Å²) in [6.45, 7) is 2.90. The quantitative estimate of drug-likeness (QED) is 0.422. The van der Waals surface area contributed by atoms with Crippen molar-refractivity contribution >= 4 is 27.3 Å². The number of nitro groups is 1. The molecule has 142 valence electrons. The Hall–Kier alpha value is -3.11. The van der Waals surface area contributed by atoms with Crippen molar-refractivity contribution in [2.45, 2.75) is 18.7 Å². The lowest BCUT2D eigenvalue weighted by atomic mass is 10.1. The molecule has 0 spiro atoms. The smallest absolute Gasteiger partial charge is 0.270 e. The molecule has 0 bridgehead atoms. The first-order valence-electron chi connectivity index (χ1n) is 7.83. The van der Waals surface area contributed by atoms with Gasteiger partial charge in [-0.3, -0.25) is 14.9 Å². The van der Waals surface area contributed by atoms with Crippen LogP contribution in [0.5, 0.6) is 0 Å². The summed E-state index contributed by atoms with van der Waals surface area (Å²) in [5.41, 5.74) is 3.84. The third kappa shape index (κ3) is 5.69. The van der Waals surface area contributed by atoms with E-state index in [1.54, 1.807) is 25.1 Å². The van der Waals surface area contributed by atoms with Crippen LogP contribution in [0.4, 0.5) is 5.69 Å². The standard InChI is InChI=1S/C17H18N4O5S/c1-12-6-8-16(9-7-12)27(25,26)18-11-17(22)20-19-13(2)14-4-3-5-15(10-14)21(23)24/h3-10,18H,11H2,1-2H3,(H,20,22)/b19-13+. The third-order valence-corrected chi connectivity index (χ3v) is 4.99. The number of sulfonamides is 1. The summed E-state index contributed by atoms with van der Waals surface area (Å²) in [6.07, 6.45) is 0. The number of carbonyl (C=O) groups is 1. The van der Waals surface area contributed by atoms with E-state index in [0.29, 0.717) is 11.3 Å². The molecule has 0 saturated carbocycles. The van der Waals surface area contributed by atoms with E-state index in [1.807, 2.05) is 6.92 Å². The molecule has 0 radical (unpaired) electrons. The number of rotatable bonds is 7. The molecule has 27 heavy (non-hydrogen) atoms. The van der Waals surface area contributed by atoms with Crippen LogP contribution in [0.3, 0.4) is 0 Å². The summed E-state index contributed by atoms with van der Waals surface area (Å²) < 4.78 is 26.4. The second-order valence-corrected chi connectivity index (χ2v) is 7.44. The number of hydrogen-bond acceptors (Lipinski definition) is 6. The zero-order chi connectivity index (χ0) is 20.0. The predicted molar refractivity (Wildman–Crippen MR) is 99.8 cm³/mol. The Morgan fingerprint density at radius 1 is 1.19 bits per heavy atom. The highest BCUT2D eigenvalue weighted by Crippen LogP contribution is 2.13. The first-order chi connectivity index (χ1) is 12.7. The van der Waals surface area contributed by atoms with Crippen LogP contribution < -0.4 is 10.1 Å². The van der Waals surface area contributed by atoms with E-state index in [-0.39, 0.29) is 10.6 Å². The lowest BCUT2D eigenvalue weighted by Gasteiger charge is -2.07. The second kappa shape index (κ2) is 8.52. The van der Waals surface area contributed by atoms with Gasteiger partial charge in [0.2, 0.25) is 10.0 Å². The van der Waals surface area contributed by atoms with Crippen molar-refractivity contribution in [1.82, 2.24) is 10.1 Å². The van der Waals surface area contributed by atoms with Gasteiger partial charge >= 0.3 is 0 Å². The zero-order valence-corrected chi connectivity index (χ0v) is 15.5. The highest BCUT2D eigenvalue weighted by molar-refractivity contribution is 7.89. The maximum absolute atomic E-state index is 12.1. The highest BCUT2D eigenvalue weighted by atomic mass is 32.2. The largest absolute Gasteiger partial charge is 0.272 e. The molecule has 0 fully saturated rings. The molecule has 0 unspecified atom stereocenters. The second-order valence-electron chi connectivity index (χ2n) is 5.68. The number of amides is 1. The van der Waals surface area contributed by atoms with Crippen LogP contribution in [0, 0.1) is 17.0 Å². The molecule has 0 aliphatic heterocycles. The number of nitrogens with one attached hydrogen (secondary N) is 2. The molecule has 0 atom stereocenters. The number of hydrazone groups is 1. The van der Waals surface area contributed by atoms with Gasteiger partial charge in [0.1, 0.15) is 0 Å². The van der Waals surface area contributed by atoms with Crippen molar-refractivity contribution in [2.75, 3.05) is 6.54 Å². The number of non-ortho nitro benzene ring substituents is 1. The Kier molecular flexibility index (Phi) is 6.37. The van der Waals surface area contributed by atoms with Crippen LogP contribution >= 0.6 is 0 Å². The van der Waals surface area contributed by atoms with Crippen LogP contribution in [-0.2, 0) is 14.8 Å². The monoisotopic (exact) mass is 390 g/mol. The number of hydrogen-bond donors (Lipinski definition) is 2. The van der Waals surface area contributed by atoms with Gasteiger partial charge in [0, 0.05) is 17.7 Å². The van der Waals surface area contributed by atoms with Gasteiger partial charge in [-0.1, -0.05) is 29.8 Å². The minimum Gasteiger partial charge on any atom is -0.272 e. The minimum atomic E-state index is -3.81. The first-order valence-corrected chi connectivity index (χ1v) is 9.31. The zero-order valence-electron chi connectivity index (χ0n) is 14.7. The first kappa shape index (κ1) is 20.2. The van der Waals surface area contributed by atoms with E-state index < -0.39 is 27.4 Å². The van der Waals surface area contributed by atoms with Crippen molar-refractivity contribution in [3.63, 3.8) is 0 Å². The van der Waals surface area contributed by atoms with E-state index in [0.717, 1.165) is 5.56 Å². The Morgan fingerprint density at radius 2 is 1.85 bits per heavy atom. The van der Waals surface area contributed by atoms with Crippen LogP contribution in [0.1, 0.15) is 18.1 Å². The number of nitrogens with zero attached hydrogens (tertiary/aromatic N) is 2. The van der Waals surface area contributed by atoms with Crippen LogP contribution in [-0.4, -0.2) is 31.5 Å². The van der Waals surface area contributed by atoms with Crippen molar-refractivity contribution in [3.8, 4) is 0 Å². The minimum absolute atomic E-state index is 0.0529. The van der Waals surface area contributed by atoms with Gasteiger partial charge in [-0.05, 0) is 26.0 Å². The summed E-state index contributed by atoms with van der Waals surface area (Å²) in [5.74, 6) is -0.671. The van der Waals surface area contributed by atoms with Gasteiger partial charge in [-0.2, -0.15) is 5.10 Å². The molecular weight excluding hydrogens is 372 g/mol. The van der Waals surface area contributed by atoms with E-state index in [2.05, 4.69) is 15.2 Å². The number of benzene rings is 2. The number of carbonyl (C=O) groups excluding carboxylic acids is 1. The normalized spacial score (nSPS) is 11.9. The summed E-state index contributed by atoms with van der Waals surface area (Å²) in [6, 6.07) is 12.0. The van der Waals surface area contributed by atoms with Gasteiger partial charge in [-0.15, -0.1) is 0 Å². The average molecular weight is 390 g/mol. The van der Waals surface area contributed by atoms with Crippen LogP contribution in [0.15, 0.2) is 58.5 Å². The van der Waals surface area contributed by atoms with Crippen molar-refractivity contribution in [2.24, 2.45) is 5.10 Å².